The summed E-state index contributed by atoms with van der Waals surface area (Å²) in [6.45, 7) is 0. The Labute approximate surface area is 876 Å². The standard InChI is InChI=1S/2C49H37NO.C47H37N/c1-2-9-33(10-3-1)34-18-24-38(25-19-34)50(39-26-20-35(21-27-39)36-22-28-41-40-11-5-7-16-46(40)51-47(41)30-36)45-15-8-14-44-48(45)42-12-4-6-13-43(42)49(44)31-32-17-23-37(49)29-32;1-2-9-33(10-3-1)34-18-24-38(25-19-34)50(39-26-20-35(21-27-39)36-22-28-47-42(30-36)40-11-5-7-16-46(40)51-47)45-15-8-14-44-48(45)41-12-4-6-13-43(41)49(44)31-32-17-23-37(49)29-32;1-2-9-33(10-3-1)35-20-25-40(26-21-35)48(41-27-22-36(23-28-41)38-19-18-34-11-4-5-12-37(34)30-38)45-16-8-15-44-46(45)42-13-6-7-14-43(42)47(44)31-32-17-24-39(47)29-32/h2*1-16,18-22,24-28,30,32,37H,17,23,29,31H2;1-16,18-23,25-28,30,32,39H,17,24,29,31H2. The van der Waals surface area contributed by atoms with Crippen LogP contribution in [0.3, 0.4) is 0 Å². The maximum absolute atomic E-state index is 6.25. The third kappa shape index (κ3) is 14.2. The molecule has 2 aromatic heterocycles. The Morgan fingerprint density at radius 3 is 0.827 bits per heavy atom. The largest absolute Gasteiger partial charge is 0.456 e. The average Bonchev–Trinajstić information content (AvgIpc) is 1.53. The molecule has 0 saturated heterocycles. The van der Waals surface area contributed by atoms with Crippen molar-refractivity contribution in [3.05, 3.63) is 525 Å². The maximum Gasteiger partial charge on any atom is 0.136 e. The minimum Gasteiger partial charge on any atom is -0.456 e. The van der Waals surface area contributed by atoms with Gasteiger partial charge in [-0.2, -0.15) is 0 Å². The normalized spacial score (nSPS) is 20.0. The summed E-state index contributed by atoms with van der Waals surface area (Å²) in [6, 6.07) is 181. The molecule has 0 radical (unpaired) electrons. The second-order valence-electron chi connectivity index (χ2n) is 44.0. The van der Waals surface area contributed by atoms with Crippen LogP contribution in [-0.2, 0) is 16.2 Å². The molecule has 150 heavy (non-hydrogen) atoms. The van der Waals surface area contributed by atoms with Crippen molar-refractivity contribution in [3.63, 3.8) is 0 Å². The molecule has 5 nitrogen and oxygen atoms in total. The third-order valence-corrected chi connectivity index (χ3v) is 36.4. The molecule has 6 saturated carbocycles. The van der Waals surface area contributed by atoms with Crippen LogP contribution in [0.4, 0.5) is 51.2 Å². The molecule has 6 fully saturated rings. The minimum absolute atomic E-state index is 0.132. The van der Waals surface area contributed by atoms with Crippen LogP contribution < -0.4 is 14.7 Å². The Bertz CT molecular complexity index is 9180. The van der Waals surface area contributed by atoms with E-state index in [-0.39, 0.29) is 16.2 Å². The fourth-order valence-electron chi connectivity index (χ4n) is 30.0. The molecule has 3 spiro atoms. The quantitative estimate of drug-likeness (QED) is 0.102. The Balaban J connectivity index is 0.000000103. The highest BCUT2D eigenvalue weighted by atomic mass is 16.3. The van der Waals surface area contributed by atoms with E-state index in [0.29, 0.717) is 0 Å². The molecule has 21 aromatic carbocycles. The molecule has 32 rings (SSSR count). The second kappa shape index (κ2) is 35.6. The fraction of sp³-hybridized carbons (Fsp3) is 0.145. The van der Waals surface area contributed by atoms with Gasteiger partial charge in [-0.3, -0.25) is 0 Å². The van der Waals surface area contributed by atoms with E-state index in [2.05, 4.69) is 482 Å². The van der Waals surface area contributed by atoms with Gasteiger partial charge in [-0.15, -0.1) is 0 Å². The van der Waals surface area contributed by atoms with Crippen LogP contribution in [0.2, 0.25) is 0 Å². The van der Waals surface area contributed by atoms with Gasteiger partial charge in [0.15, 0.2) is 0 Å². The molecule has 2 heterocycles. The van der Waals surface area contributed by atoms with Crippen LogP contribution in [0.25, 0.3) is 155 Å². The van der Waals surface area contributed by atoms with Crippen molar-refractivity contribution in [1.29, 1.82) is 0 Å². The zero-order valence-corrected chi connectivity index (χ0v) is 83.9. The zero-order chi connectivity index (χ0) is 98.7. The molecular formula is C145H111N3O2. The van der Waals surface area contributed by atoms with Crippen LogP contribution >= 0.6 is 0 Å². The molecule has 0 N–H and O–H groups in total. The highest BCUT2D eigenvalue weighted by Crippen LogP contribution is 2.71. The van der Waals surface area contributed by atoms with Gasteiger partial charge in [-0.25, -0.2) is 0 Å². The molecule has 5 heteroatoms. The summed E-state index contributed by atoms with van der Waals surface area (Å²) in [6.07, 6.45) is 16.2. The maximum atomic E-state index is 6.25. The summed E-state index contributed by atoms with van der Waals surface area (Å²) >= 11 is 0. The average molecular weight is 1930 g/mol. The number of rotatable bonds is 15. The predicted octanol–water partition coefficient (Wildman–Crippen LogP) is 39.7. The van der Waals surface area contributed by atoms with E-state index in [1.807, 2.05) is 24.3 Å². The van der Waals surface area contributed by atoms with Crippen molar-refractivity contribution in [2.45, 2.75) is 93.3 Å². The predicted molar refractivity (Wildman–Crippen MR) is 623 cm³/mol. The van der Waals surface area contributed by atoms with E-state index in [9.17, 15) is 0 Å². The lowest BCUT2D eigenvalue weighted by Gasteiger charge is -2.37. The second-order valence-corrected chi connectivity index (χ2v) is 44.0. The molecule has 0 amide bonds. The van der Waals surface area contributed by atoms with Gasteiger partial charge in [0.2, 0.25) is 0 Å². The summed E-state index contributed by atoms with van der Waals surface area (Å²) in [5, 5.41) is 7.17. The van der Waals surface area contributed by atoms with Gasteiger partial charge in [-0.1, -0.05) is 377 Å². The minimum atomic E-state index is 0.132. The van der Waals surface area contributed by atoms with Gasteiger partial charge in [0.05, 0.1) is 17.1 Å². The number of benzene rings is 21. The Morgan fingerprint density at radius 2 is 0.453 bits per heavy atom. The van der Waals surface area contributed by atoms with E-state index in [4.69, 9.17) is 8.83 Å². The number of furan rings is 2. The summed E-state index contributed by atoms with van der Waals surface area (Å²) in [5.74, 6) is 4.71. The number of para-hydroxylation sites is 2. The molecule has 23 aromatic rings. The van der Waals surface area contributed by atoms with Gasteiger partial charge in [0, 0.05) is 88.6 Å². The Kier molecular flexibility index (Phi) is 20.9. The van der Waals surface area contributed by atoms with Crippen molar-refractivity contribution in [2.24, 2.45) is 35.5 Å². The van der Waals surface area contributed by atoms with E-state index in [1.54, 1.807) is 22.3 Å². The lowest BCUT2D eigenvalue weighted by Crippen LogP contribution is -2.31. The SMILES string of the molecule is c1ccc(-c2ccc(N(c3ccc(-c4ccc5c(c4)oc4ccccc45)cc3)c3cccc4c3-c3ccccc3C43CC4CCC3C4)cc2)cc1.c1ccc(-c2ccc(N(c3ccc(-c4ccc5ccccc5c4)cc3)c3cccc4c3-c3ccccc3C43CC4CCC3C4)cc2)cc1.c1ccc(-c2ccc(N(c3ccc(-c4ccc5oc6ccccc6c5c4)cc3)c3cccc4c3-c3ccccc3C43CC4CCC3C4)cc2)cc1. The van der Waals surface area contributed by atoms with Gasteiger partial charge in [0.1, 0.15) is 22.3 Å². The first-order chi connectivity index (χ1) is 74.2. The summed E-state index contributed by atoms with van der Waals surface area (Å²) < 4.78 is 12.4. The van der Waals surface area contributed by atoms with Crippen molar-refractivity contribution in [1.82, 2.24) is 0 Å². The van der Waals surface area contributed by atoms with Crippen LogP contribution in [0.15, 0.2) is 500 Å². The fourth-order valence-corrected chi connectivity index (χ4v) is 30.0. The van der Waals surface area contributed by atoms with Gasteiger partial charge in [0.25, 0.3) is 0 Å². The van der Waals surface area contributed by atoms with E-state index < -0.39 is 0 Å². The Hall–Kier alpha value is -17.1. The van der Waals surface area contributed by atoms with Gasteiger partial charge < -0.3 is 23.5 Å². The topological polar surface area (TPSA) is 36.0 Å². The highest BCUT2D eigenvalue weighted by Gasteiger charge is 2.60. The van der Waals surface area contributed by atoms with E-state index in [0.717, 1.165) is 108 Å². The smallest absolute Gasteiger partial charge is 0.136 e. The monoisotopic (exact) mass is 1930 g/mol. The molecule has 0 aliphatic heterocycles. The number of anilines is 9. The molecule has 718 valence electrons. The van der Waals surface area contributed by atoms with Crippen LogP contribution in [0, 0.1) is 35.5 Å². The van der Waals surface area contributed by atoms with E-state index >= 15 is 0 Å². The van der Waals surface area contributed by atoms with Crippen LogP contribution in [0.5, 0.6) is 0 Å². The highest BCUT2D eigenvalue weighted by molar-refractivity contribution is 6.09. The summed E-state index contributed by atoms with van der Waals surface area (Å²) in [7, 11) is 0. The molecule has 9 aliphatic carbocycles. The number of hydrogen-bond donors (Lipinski definition) is 0. The van der Waals surface area contributed by atoms with Crippen molar-refractivity contribution < 1.29 is 8.83 Å². The lowest BCUT2D eigenvalue weighted by atomic mass is 9.67. The van der Waals surface area contributed by atoms with E-state index in [1.165, 1.54) is 222 Å². The number of fused-ring (bicyclic) bond motifs is 31. The molecule has 9 unspecified atom stereocenters. The first-order valence-corrected chi connectivity index (χ1v) is 54.4. The zero-order valence-electron chi connectivity index (χ0n) is 83.9. The number of nitrogens with zero attached hydrogens (tertiary/aromatic N) is 3. The van der Waals surface area contributed by atoms with Crippen LogP contribution in [-0.4, -0.2) is 0 Å². The first kappa shape index (κ1) is 88.2. The van der Waals surface area contributed by atoms with Crippen molar-refractivity contribution in [2.75, 3.05) is 14.7 Å². The van der Waals surface area contributed by atoms with Crippen molar-refractivity contribution in [3.8, 4) is 100 Å². The molecule has 9 aliphatic rings. The number of hydrogen-bond acceptors (Lipinski definition) is 5. The summed E-state index contributed by atoms with van der Waals surface area (Å²) in [4.78, 5) is 7.48. The van der Waals surface area contributed by atoms with Gasteiger partial charge in [-0.05, 0) is 354 Å². The van der Waals surface area contributed by atoms with Crippen molar-refractivity contribution >= 4 is 106 Å². The van der Waals surface area contributed by atoms with Gasteiger partial charge >= 0.3 is 0 Å². The summed E-state index contributed by atoms with van der Waals surface area (Å²) in [5.41, 5.74) is 47.2. The lowest BCUT2D eigenvalue weighted by molar-refractivity contribution is 0.327. The third-order valence-electron chi connectivity index (χ3n) is 36.4. The molecule has 9 atom stereocenters. The first-order valence-electron chi connectivity index (χ1n) is 54.4. The Morgan fingerprint density at radius 1 is 0.180 bits per heavy atom. The molecular weight excluding hydrogens is 1820 g/mol. The van der Waals surface area contributed by atoms with Crippen LogP contribution in [0.1, 0.15) is 110 Å². The molecule has 6 bridgehead atoms.